The van der Waals surface area contributed by atoms with E-state index >= 15 is 0 Å². The number of imidazole rings is 1. The summed E-state index contributed by atoms with van der Waals surface area (Å²) in [6.45, 7) is 2.96. The number of benzene rings is 4. The van der Waals surface area contributed by atoms with Crippen LogP contribution in [0.1, 0.15) is 24.8 Å². The fourth-order valence-electron chi connectivity index (χ4n) is 5.33. The van der Waals surface area contributed by atoms with Gasteiger partial charge in [0.15, 0.2) is 11.0 Å². The summed E-state index contributed by atoms with van der Waals surface area (Å²) >= 11 is 3.71. The van der Waals surface area contributed by atoms with Crippen molar-refractivity contribution in [3.63, 3.8) is 0 Å². The number of nitrogens with zero attached hydrogens (tertiary/aromatic N) is 3. The molecule has 6 aromatic rings. The first-order chi connectivity index (χ1) is 17.3. The van der Waals surface area contributed by atoms with E-state index in [0.717, 1.165) is 24.1 Å². The van der Waals surface area contributed by atoms with Gasteiger partial charge in [0, 0.05) is 38.4 Å². The van der Waals surface area contributed by atoms with Gasteiger partial charge in [-0.1, -0.05) is 82.7 Å². The van der Waals surface area contributed by atoms with Gasteiger partial charge in [0.25, 0.3) is 0 Å². The molecule has 0 bridgehead atoms. The Morgan fingerprint density at radius 2 is 1.19 bits per heavy atom. The normalized spacial score (nSPS) is 11.4. The molecule has 0 fully saturated rings. The number of unbranched alkanes of at least 4 members (excludes halogenated alkanes) is 2. The molecule has 2 heterocycles. The second kappa shape index (κ2) is 11.0. The molecule has 5 heteroatoms. The Labute approximate surface area is 230 Å². The highest BCUT2D eigenvalue weighted by molar-refractivity contribution is 9.10. The van der Waals surface area contributed by atoms with E-state index in [1.165, 1.54) is 57.7 Å². The first kappa shape index (κ1) is 24.8. The molecule has 0 spiro atoms. The molecule has 182 valence electrons. The van der Waals surface area contributed by atoms with Crippen LogP contribution >= 0.6 is 15.9 Å². The topological polar surface area (TPSA) is 13.7 Å². The van der Waals surface area contributed by atoms with Gasteiger partial charge in [-0.3, -0.25) is 0 Å². The summed E-state index contributed by atoms with van der Waals surface area (Å²) in [4.78, 5) is 0. The highest BCUT2D eigenvalue weighted by Gasteiger charge is 2.16. The fourth-order valence-corrected chi connectivity index (χ4v) is 5.74. The minimum Gasteiger partial charge on any atom is -1.00 e. The lowest BCUT2D eigenvalue weighted by Crippen LogP contribution is -3.00. The molecule has 0 aliphatic rings. The zero-order valence-electron chi connectivity index (χ0n) is 20.2. The molecule has 4 aromatic carbocycles. The second-order valence-corrected chi connectivity index (χ2v) is 10.1. The third-order valence-electron chi connectivity index (χ3n) is 7.04. The summed E-state index contributed by atoms with van der Waals surface area (Å²) in [6, 6.07) is 34.8. The number of halogens is 2. The van der Waals surface area contributed by atoms with E-state index in [0.29, 0.717) is 0 Å². The predicted molar refractivity (Wildman–Crippen MR) is 149 cm³/mol. The maximum Gasteiger partial charge on any atom is 0.245 e. The van der Waals surface area contributed by atoms with Crippen LogP contribution in [-0.2, 0) is 19.6 Å². The Bertz CT molecular complexity index is 1580. The lowest BCUT2D eigenvalue weighted by Gasteiger charge is -2.07. The minimum atomic E-state index is 0. The van der Waals surface area contributed by atoms with Crippen LogP contribution in [-0.4, -0.2) is 9.13 Å². The maximum atomic E-state index is 3.71. The Balaban J connectivity index is 0.00000267. The fraction of sp³-hybridized carbons (Fsp3) is 0.194. The molecular formula is C31H29Br2N3. The molecule has 0 amide bonds. The van der Waals surface area contributed by atoms with E-state index in [1.54, 1.807) is 0 Å². The second-order valence-electron chi connectivity index (χ2n) is 9.26. The summed E-state index contributed by atoms with van der Waals surface area (Å²) in [7, 11) is 0. The number of aromatic nitrogens is 3. The summed E-state index contributed by atoms with van der Waals surface area (Å²) in [6.07, 6.45) is 5.85. The van der Waals surface area contributed by atoms with Crippen LogP contribution in [0.3, 0.4) is 0 Å². The van der Waals surface area contributed by atoms with Gasteiger partial charge in [-0.05, 0) is 49.6 Å². The van der Waals surface area contributed by atoms with E-state index < -0.39 is 0 Å². The van der Waals surface area contributed by atoms with Gasteiger partial charge in [0.2, 0.25) is 6.33 Å². The third kappa shape index (κ3) is 4.74. The van der Waals surface area contributed by atoms with Crippen molar-refractivity contribution in [2.24, 2.45) is 0 Å². The first-order valence-electron chi connectivity index (χ1n) is 12.5. The summed E-state index contributed by atoms with van der Waals surface area (Å²) in [5.41, 5.74) is 6.58. The van der Waals surface area contributed by atoms with Crippen molar-refractivity contribution in [2.75, 3.05) is 0 Å². The van der Waals surface area contributed by atoms with Gasteiger partial charge < -0.3 is 21.5 Å². The van der Waals surface area contributed by atoms with E-state index in [2.05, 4.69) is 133 Å². The highest BCUT2D eigenvalue weighted by atomic mass is 79.9. The van der Waals surface area contributed by atoms with Crippen molar-refractivity contribution in [1.82, 2.24) is 9.13 Å². The van der Waals surface area contributed by atoms with Crippen LogP contribution in [0.2, 0.25) is 0 Å². The van der Waals surface area contributed by atoms with Gasteiger partial charge in [-0.15, -0.1) is 0 Å². The smallest absolute Gasteiger partial charge is 0.245 e. The van der Waals surface area contributed by atoms with Crippen molar-refractivity contribution in [2.45, 2.75) is 38.9 Å². The monoisotopic (exact) mass is 601 g/mol. The molecule has 0 saturated carbocycles. The number of hydrogen-bond acceptors (Lipinski definition) is 0. The molecule has 0 saturated heterocycles. The zero-order valence-corrected chi connectivity index (χ0v) is 23.3. The Morgan fingerprint density at radius 3 is 1.92 bits per heavy atom. The number of para-hydroxylation sites is 4. The molecule has 0 aliphatic heterocycles. The van der Waals surface area contributed by atoms with E-state index in [-0.39, 0.29) is 17.0 Å². The quantitative estimate of drug-likeness (QED) is 0.177. The SMILES string of the molecule is Brc1ccccc1C[n+]1cn(CCCCCn2c3ccccc3c3ccccc32)c2ccccc21.[Br-]. The van der Waals surface area contributed by atoms with Crippen LogP contribution in [0.5, 0.6) is 0 Å². The Kier molecular flexibility index (Phi) is 7.59. The van der Waals surface area contributed by atoms with Crippen LogP contribution < -0.4 is 21.5 Å². The average molecular weight is 603 g/mol. The summed E-state index contributed by atoms with van der Waals surface area (Å²) in [5, 5.41) is 2.72. The molecule has 3 nitrogen and oxygen atoms in total. The molecule has 0 atom stereocenters. The van der Waals surface area contributed by atoms with Crippen molar-refractivity contribution >= 4 is 48.8 Å². The minimum absolute atomic E-state index is 0. The highest BCUT2D eigenvalue weighted by Crippen LogP contribution is 2.29. The van der Waals surface area contributed by atoms with E-state index in [1.807, 2.05) is 0 Å². The number of fused-ring (bicyclic) bond motifs is 4. The van der Waals surface area contributed by atoms with E-state index in [4.69, 9.17) is 0 Å². The molecular weight excluding hydrogens is 574 g/mol. The van der Waals surface area contributed by atoms with Crippen LogP contribution in [0.15, 0.2) is 108 Å². The van der Waals surface area contributed by atoms with Crippen molar-refractivity contribution in [1.29, 1.82) is 0 Å². The first-order valence-corrected chi connectivity index (χ1v) is 13.3. The van der Waals surface area contributed by atoms with Crippen molar-refractivity contribution in [3.8, 4) is 0 Å². The molecule has 6 rings (SSSR count). The van der Waals surface area contributed by atoms with Gasteiger partial charge >= 0.3 is 0 Å². The number of hydrogen-bond donors (Lipinski definition) is 0. The lowest BCUT2D eigenvalue weighted by atomic mass is 10.2. The summed E-state index contributed by atoms with van der Waals surface area (Å²) < 4.78 is 8.45. The molecule has 2 aromatic heterocycles. The van der Waals surface area contributed by atoms with Crippen LogP contribution in [0.25, 0.3) is 32.8 Å². The standard InChI is InChI=1S/C31H29BrN3.BrH/c32-27-15-5-2-12-24(27)22-34-23-33(30-18-8-9-19-31(30)34)20-10-1-11-21-35-28-16-6-3-13-25(28)26-14-4-7-17-29(26)35;/h2-9,12-19,23H,1,10-11,20-22H2;1H/q+1;/p-1. The van der Waals surface area contributed by atoms with Gasteiger partial charge in [-0.25, -0.2) is 9.13 Å². The molecule has 0 radical (unpaired) electrons. The largest absolute Gasteiger partial charge is 1.00 e. The predicted octanol–water partition coefficient (Wildman–Crippen LogP) is 4.72. The van der Waals surface area contributed by atoms with Gasteiger partial charge in [0.1, 0.15) is 6.54 Å². The molecule has 0 unspecified atom stereocenters. The Hall–Kier alpha value is -2.89. The zero-order chi connectivity index (χ0) is 23.6. The lowest BCUT2D eigenvalue weighted by molar-refractivity contribution is -0.663. The van der Waals surface area contributed by atoms with Gasteiger partial charge in [-0.2, -0.15) is 0 Å². The number of aryl methyl sites for hydroxylation is 2. The number of rotatable bonds is 8. The van der Waals surface area contributed by atoms with E-state index in [9.17, 15) is 0 Å². The Morgan fingerprint density at radius 1 is 0.611 bits per heavy atom. The molecule has 36 heavy (non-hydrogen) atoms. The third-order valence-corrected chi connectivity index (χ3v) is 7.81. The van der Waals surface area contributed by atoms with Crippen molar-refractivity contribution in [3.05, 3.63) is 113 Å². The summed E-state index contributed by atoms with van der Waals surface area (Å²) in [5.74, 6) is 0. The van der Waals surface area contributed by atoms with Crippen LogP contribution in [0, 0.1) is 0 Å². The van der Waals surface area contributed by atoms with Crippen LogP contribution in [0.4, 0.5) is 0 Å². The average Bonchev–Trinajstić information content (AvgIpc) is 3.41. The maximum absolute atomic E-state index is 3.71. The molecule has 0 aliphatic carbocycles. The van der Waals surface area contributed by atoms with Crippen molar-refractivity contribution < 1.29 is 21.5 Å². The van der Waals surface area contributed by atoms with Gasteiger partial charge in [0.05, 0.1) is 6.54 Å². The molecule has 0 N–H and O–H groups in total.